The summed E-state index contributed by atoms with van der Waals surface area (Å²) < 4.78 is 21.7. The van der Waals surface area contributed by atoms with Crippen molar-refractivity contribution in [3.05, 3.63) is 88.7 Å². The molecule has 0 unspecified atom stereocenters. The standard InChI is InChI=1S/C74H118N4O7/c1-7-12-17-20-23-26-29-32-35-38-56-83-66-59-63(60-67(84-57-39-36-33-30-27-24-21-18-13-8-2)73(66)85-58-40-37-34-31-28-25-22-19-14-9-3)74(82)76-52-51-75-68(79)42-41-53-77(6)64-47-43-61(44-48-64)69-71(80)70(72(69)81)62-45-49-65(50-46-62)78(54-15-10-4)55-16-11-5/h43-50,59-60H,7-42,51-58H2,1-6H3,(H2-,75,76,79,80,81,82)/p+1. The fourth-order valence-electron chi connectivity index (χ4n) is 11.3. The molecule has 0 bridgehead atoms. The Morgan fingerprint density at radius 3 is 1.34 bits per heavy atom. The molecule has 0 saturated carbocycles. The second-order valence-corrected chi connectivity index (χ2v) is 24.2. The third-order valence-corrected chi connectivity index (χ3v) is 16.8. The average Bonchev–Trinajstić information content (AvgIpc) is 1.47. The summed E-state index contributed by atoms with van der Waals surface area (Å²) in [6.07, 6.45) is 50.5. The molecule has 0 fully saturated rings. The van der Waals surface area contributed by atoms with Gasteiger partial charge in [0.1, 0.15) is 19.4 Å². The first-order valence-electron chi connectivity index (χ1n) is 34.8. The van der Waals surface area contributed by atoms with Gasteiger partial charge in [-0.2, -0.15) is 0 Å². The van der Waals surface area contributed by atoms with Gasteiger partial charge in [0.2, 0.25) is 17.4 Å². The molecule has 11 nitrogen and oxygen atoms in total. The lowest BCUT2D eigenvalue weighted by molar-refractivity contribution is -0.496. The van der Waals surface area contributed by atoms with Crippen LogP contribution in [-0.4, -0.2) is 92.6 Å². The van der Waals surface area contributed by atoms with Crippen LogP contribution in [0.1, 0.15) is 282 Å². The molecule has 85 heavy (non-hydrogen) atoms. The molecule has 0 heterocycles. The molecule has 11 heteroatoms. The lowest BCUT2D eigenvalue weighted by Gasteiger charge is -2.26. The van der Waals surface area contributed by atoms with E-state index in [1.54, 1.807) is 0 Å². The van der Waals surface area contributed by atoms with E-state index in [0.29, 0.717) is 85.3 Å². The second-order valence-electron chi connectivity index (χ2n) is 24.2. The molecule has 2 aliphatic carbocycles. The third-order valence-electron chi connectivity index (χ3n) is 16.8. The van der Waals surface area contributed by atoms with Crippen molar-refractivity contribution in [1.29, 1.82) is 0 Å². The summed E-state index contributed by atoms with van der Waals surface area (Å²) in [6.45, 7) is 16.1. The number of carbonyl (C=O) groups is 3. The molecule has 0 saturated heterocycles. The maximum absolute atomic E-state index is 13.9. The van der Waals surface area contributed by atoms with Crippen LogP contribution in [0.4, 0.5) is 5.69 Å². The zero-order valence-corrected chi connectivity index (χ0v) is 54.7. The van der Waals surface area contributed by atoms with Crippen LogP contribution < -0.4 is 29.7 Å². The van der Waals surface area contributed by atoms with E-state index in [1.807, 2.05) is 55.6 Å². The molecule has 0 aromatic heterocycles. The Labute approximate surface area is 517 Å². The summed E-state index contributed by atoms with van der Waals surface area (Å²) in [6, 6.07) is 11.6. The van der Waals surface area contributed by atoms with Gasteiger partial charge in [0.05, 0.1) is 31.0 Å². The van der Waals surface area contributed by atoms with Gasteiger partial charge in [0.25, 0.3) is 5.91 Å². The van der Waals surface area contributed by atoms with Gasteiger partial charge in [-0.1, -0.05) is 233 Å². The molecule has 2 amide bonds. The number of carbonyl (C=O) groups excluding carboxylic acids is 3. The number of ketones is 1. The third kappa shape index (κ3) is 28.8. The summed E-state index contributed by atoms with van der Waals surface area (Å²) >= 11 is 0. The van der Waals surface area contributed by atoms with Gasteiger partial charge in [-0.25, -0.2) is 4.58 Å². The number of amides is 2. The highest BCUT2D eigenvalue weighted by atomic mass is 16.5. The zero-order valence-electron chi connectivity index (χ0n) is 54.7. The lowest BCUT2D eigenvalue weighted by Crippen LogP contribution is -2.34. The van der Waals surface area contributed by atoms with Crippen LogP contribution in [0.5, 0.6) is 17.2 Å². The van der Waals surface area contributed by atoms with Crippen LogP contribution in [0.25, 0.3) is 5.57 Å². The molecule has 2 aliphatic rings. The first kappa shape index (κ1) is 72.2. The van der Waals surface area contributed by atoms with Gasteiger partial charge in [0, 0.05) is 62.4 Å². The Balaban J connectivity index is 1.31. The van der Waals surface area contributed by atoms with Crippen molar-refractivity contribution in [3.63, 3.8) is 0 Å². The molecular weight excluding hydrogens is 1060 g/mol. The fraction of sp³-hybridized carbons (Fsp3) is 0.676. The van der Waals surface area contributed by atoms with Crippen LogP contribution in [0.15, 0.2) is 77.6 Å². The highest BCUT2D eigenvalue weighted by Crippen LogP contribution is 2.41. The topological polar surface area (TPSA) is 129 Å². The van der Waals surface area contributed by atoms with Gasteiger partial charge in [-0.05, 0) is 79.7 Å². The largest absolute Gasteiger partial charge is 0.506 e. The number of rotatable bonds is 52. The summed E-state index contributed by atoms with van der Waals surface area (Å²) in [5.74, 6) is 1.28. The average molecular weight is 1180 g/mol. The molecule has 0 atom stereocenters. The SMILES string of the molecule is CCCCCCCCCCCCOc1cc(C(=O)NCCNC(=O)CCC[N+](C)=C2C=CC(=C3C(=O)C(c4ccc(N(CCCC)CCCC)cc4)=C3O)C=C2)cc(OCCCCCCCCCCCC)c1OCCCCCCCCCCCC. The Bertz CT molecular complexity index is 2270. The highest BCUT2D eigenvalue weighted by molar-refractivity contribution is 6.39. The number of ether oxygens (including phenoxy) is 3. The van der Waals surface area contributed by atoms with Crippen LogP contribution in [-0.2, 0) is 9.59 Å². The number of benzene rings is 2. The molecule has 0 spiro atoms. The predicted octanol–water partition coefficient (Wildman–Crippen LogP) is 18.7. The predicted molar refractivity (Wildman–Crippen MR) is 357 cm³/mol. The van der Waals surface area contributed by atoms with Crippen LogP contribution in [0, 0.1) is 0 Å². The van der Waals surface area contributed by atoms with E-state index < -0.39 is 0 Å². The van der Waals surface area contributed by atoms with E-state index in [-0.39, 0.29) is 29.9 Å². The van der Waals surface area contributed by atoms with E-state index in [4.69, 9.17) is 14.2 Å². The normalized spacial score (nSPS) is 13.0. The summed E-state index contributed by atoms with van der Waals surface area (Å²) in [4.78, 5) is 42.8. The van der Waals surface area contributed by atoms with Crippen LogP contribution in [0.2, 0.25) is 0 Å². The highest BCUT2D eigenvalue weighted by Gasteiger charge is 2.36. The smallest absolute Gasteiger partial charge is 0.251 e. The first-order chi connectivity index (χ1) is 41.7. The first-order valence-corrected chi connectivity index (χ1v) is 34.8. The van der Waals surface area contributed by atoms with Gasteiger partial charge in [-0.15, -0.1) is 0 Å². The second kappa shape index (κ2) is 45.9. The number of aliphatic hydroxyl groups excluding tert-OH is 1. The maximum atomic E-state index is 13.9. The summed E-state index contributed by atoms with van der Waals surface area (Å²) in [5.41, 5.74) is 4.66. The van der Waals surface area contributed by atoms with Crippen molar-refractivity contribution >= 4 is 34.6 Å². The zero-order chi connectivity index (χ0) is 61.0. The number of nitrogens with zero attached hydrogens (tertiary/aromatic N) is 2. The van der Waals surface area contributed by atoms with Crippen molar-refractivity contribution in [1.82, 2.24) is 10.6 Å². The number of allylic oxidation sites excluding steroid dienone is 7. The molecule has 3 N–H and O–H groups in total. The maximum Gasteiger partial charge on any atom is 0.251 e. The molecule has 476 valence electrons. The van der Waals surface area contributed by atoms with Gasteiger partial charge >= 0.3 is 0 Å². The lowest BCUT2D eigenvalue weighted by atomic mass is 9.80. The number of nitrogens with one attached hydrogen (secondary N) is 2. The van der Waals surface area contributed by atoms with Crippen molar-refractivity contribution in [3.8, 4) is 17.2 Å². The molecule has 2 aromatic carbocycles. The molecule has 4 rings (SSSR count). The fourth-order valence-corrected chi connectivity index (χ4v) is 11.3. The van der Waals surface area contributed by atoms with E-state index in [0.717, 1.165) is 94.3 Å². The van der Waals surface area contributed by atoms with E-state index in [9.17, 15) is 19.5 Å². The van der Waals surface area contributed by atoms with Crippen molar-refractivity contribution < 1.29 is 38.3 Å². The summed E-state index contributed by atoms with van der Waals surface area (Å²) in [5, 5.41) is 17.2. The monoisotopic (exact) mass is 1180 g/mol. The van der Waals surface area contributed by atoms with Crippen molar-refractivity contribution in [2.24, 2.45) is 0 Å². The van der Waals surface area contributed by atoms with Crippen LogP contribution in [0.3, 0.4) is 0 Å². The number of hydrogen-bond acceptors (Lipinski definition) is 8. The van der Waals surface area contributed by atoms with Crippen LogP contribution >= 0.6 is 0 Å². The summed E-state index contributed by atoms with van der Waals surface area (Å²) in [7, 11) is 1.98. The minimum atomic E-state index is -0.250. The van der Waals surface area contributed by atoms with E-state index in [2.05, 4.69) is 66.9 Å². The number of Topliss-reactive ketones (excluding diaryl/α,β-unsaturated/α-hetero) is 1. The Morgan fingerprint density at radius 2 is 0.906 bits per heavy atom. The number of hydrogen-bond donors (Lipinski definition) is 3. The van der Waals surface area contributed by atoms with Gasteiger partial charge in [0.15, 0.2) is 17.2 Å². The molecule has 0 radical (unpaired) electrons. The number of anilines is 1. The molecule has 2 aromatic rings. The van der Waals surface area contributed by atoms with E-state index >= 15 is 0 Å². The Kier molecular flexibility index (Phi) is 39.0. The Hall–Kier alpha value is -5.32. The van der Waals surface area contributed by atoms with Crippen molar-refractivity contribution in [2.75, 3.05) is 64.5 Å². The quantitative estimate of drug-likeness (QED) is 0.0339. The Morgan fingerprint density at radius 1 is 0.494 bits per heavy atom. The molecule has 0 aliphatic heterocycles. The number of aliphatic hydroxyl groups is 1. The van der Waals surface area contributed by atoms with Crippen molar-refractivity contribution in [2.45, 2.75) is 266 Å². The van der Waals surface area contributed by atoms with Gasteiger partial charge < -0.3 is 34.9 Å². The minimum Gasteiger partial charge on any atom is -0.506 e. The minimum absolute atomic E-state index is 0.0368. The van der Waals surface area contributed by atoms with E-state index in [1.165, 1.54) is 154 Å². The van der Waals surface area contributed by atoms with Gasteiger partial charge in [-0.3, -0.25) is 14.4 Å². The molecular formula is C74H119N4O7+. The number of unbranched alkanes of at least 4 members (excludes halogenated alkanes) is 29.